The predicted octanol–water partition coefficient (Wildman–Crippen LogP) is 1.04. The van der Waals surface area contributed by atoms with E-state index in [-0.39, 0.29) is 3.57 Å². The van der Waals surface area contributed by atoms with Crippen LogP contribution in [0.3, 0.4) is 0 Å². The number of benzene rings is 1. The fraction of sp³-hybridized carbons (Fsp3) is 0.400. The number of hydrogen-bond acceptors (Lipinski definition) is 0. The lowest BCUT2D eigenvalue weighted by Gasteiger charge is -2.19. The summed E-state index contributed by atoms with van der Waals surface area (Å²) < 4.78 is 81.8. The summed E-state index contributed by atoms with van der Waals surface area (Å²) in [5.41, 5.74) is 0.702. The van der Waals surface area contributed by atoms with E-state index in [9.17, 15) is 30.7 Å². The van der Waals surface area contributed by atoms with E-state index in [1.165, 1.54) is 12.1 Å². The lowest BCUT2D eigenvalue weighted by molar-refractivity contribution is -0.790. The van der Waals surface area contributed by atoms with Gasteiger partial charge in [-0.05, 0) is 19.1 Å². The summed E-state index contributed by atoms with van der Waals surface area (Å²) in [5, 5.41) is 0. The van der Waals surface area contributed by atoms with E-state index < -0.39 is 37.2 Å². The van der Waals surface area contributed by atoms with Crippen LogP contribution in [0.25, 0.3) is 0 Å². The van der Waals surface area contributed by atoms with E-state index in [1.54, 1.807) is 6.92 Å². The molecule has 0 aromatic heterocycles. The molecule has 1 rings (SSSR count). The van der Waals surface area contributed by atoms with Crippen molar-refractivity contribution in [2.75, 3.05) is 0 Å². The molecule has 0 spiro atoms. The van der Waals surface area contributed by atoms with E-state index in [0.29, 0.717) is 5.56 Å². The van der Waals surface area contributed by atoms with Crippen molar-refractivity contribution in [1.82, 2.24) is 0 Å². The van der Waals surface area contributed by atoms with Crippen LogP contribution in [0, 0.1) is 10.5 Å². The van der Waals surface area contributed by atoms with Crippen LogP contribution < -0.4 is 21.2 Å². The highest BCUT2D eigenvalue weighted by molar-refractivity contribution is 5.11. The Hall–Kier alpha value is -0.540. The van der Waals surface area contributed by atoms with E-state index in [4.69, 9.17) is 0 Å². The summed E-state index contributed by atoms with van der Waals surface area (Å²) in [6.45, 7) is 1.64. The average Bonchev–Trinajstić information content (AvgIpc) is 2.19. The second-order valence-corrected chi connectivity index (χ2v) is 6.60. The van der Waals surface area contributed by atoms with Crippen LogP contribution in [-0.4, -0.2) is 16.0 Å². The summed E-state index contributed by atoms with van der Waals surface area (Å²) in [4.78, 5) is 0. The second kappa shape index (κ2) is 4.86. The molecule has 18 heavy (non-hydrogen) atoms. The zero-order valence-corrected chi connectivity index (χ0v) is 11.0. The molecule has 0 aliphatic heterocycles. The number of halogens is 8. The van der Waals surface area contributed by atoms with Crippen molar-refractivity contribution in [1.29, 1.82) is 0 Å². The van der Waals surface area contributed by atoms with Crippen LogP contribution in [0.15, 0.2) is 24.3 Å². The Balaban J connectivity index is 2.97. The quantitative estimate of drug-likeness (QED) is 0.413. The van der Waals surface area contributed by atoms with E-state index in [2.05, 4.69) is 0 Å². The molecule has 0 bridgehead atoms. The fourth-order valence-electron chi connectivity index (χ4n) is 0.953. The van der Waals surface area contributed by atoms with E-state index in [1.807, 2.05) is 0 Å². The van der Waals surface area contributed by atoms with E-state index >= 15 is 0 Å². The molecule has 0 N–H and O–H groups in total. The standard InChI is InChI=1S/C10H7F7I/c1-6-2-4-7(5-3-6)18-10(16,17)8(11,12)9(13,14)15/h2-5H,1H3/q+1. The van der Waals surface area contributed by atoms with Crippen LogP contribution in [0.4, 0.5) is 30.7 Å². The van der Waals surface area contributed by atoms with Crippen molar-refractivity contribution in [2.24, 2.45) is 0 Å². The summed E-state index contributed by atoms with van der Waals surface area (Å²) in [6, 6.07) is 5.06. The number of hydrogen-bond donors (Lipinski definition) is 0. The first-order chi connectivity index (χ1) is 7.97. The van der Waals surface area contributed by atoms with Crippen LogP contribution >= 0.6 is 0 Å². The van der Waals surface area contributed by atoms with Crippen molar-refractivity contribution >= 4 is 0 Å². The van der Waals surface area contributed by atoms with Gasteiger partial charge < -0.3 is 0 Å². The molecule has 0 aliphatic carbocycles. The average molecular weight is 387 g/mol. The monoisotopic (exact) mass is 387 g/mol. The minimum Gasteiger partial charge on any atom is -0.185 e. The Morgan fingerprint density at radius 2 is 1.28 bits per heavy atom. The van der Waals surface area contributed by atoms with Gasteiger partial charge in [0.05, 0.1) is 0 Å². The van der Waals surface area contributed by atoms with Gasteiger partial charge in [-0.25, -0.2) is 0 Å². The molecule has 0 aliphatic rings. The topological polar surface area (TPSA) is 0 Å². The van der Waals surface area contributed by atoms with Gasteiger partial charge in [0.15, 0.2) is 3.57 Å². The number of alkyl halides is 8. The largest absolute Gasteiger partial charge is 0.520 e. The van der Waals surface area contributed by atoms with Gasteiger partial charge in [-0.2, -0.15) is 22.0 Å². The summed E-state index contributed by atoms with van der Waals surface area (Å²) in [7, 11) is 0. The molecule has 0 saturated heterocycles. The highest BCUT2D eigenvalue weighted by Crippen LogP contribution is 2.42. The van der Waals surface area contributed by atoms with Crippen molar-refractivity contribution in [3.05, 3.63) is 33.4 Å². The third-order valence-corrected chi connectivity index (χ3v) is 4.65. The summed E-state index contributed by atoms with van der Waals surface area (Å²) in [6.07, 6.45) is -6.25. The minimum atomic E-state index is -6.25. The molecule has 0 amide bonds. The molecular formula is C10H7F7I+. The SMILES string of the molecule is Cc1ccc([I+]C(F)(F)C(F)(F)C(F)(F)F)cc1. The molecule has 102 valence electrons. The van der Waals surface area contributed by atoms with Crippen LogP contribution in [0.1, 0.15) is 5.56 Å². The van der Waals surface area contributed by atoms with Gasteiger partial charge in [0.1, 0.15) is 0 Å². The molecular weight excluding hydrogens is 380 g/mol. The molecule has 0 atom stereocenters. The minimum absolute atomic E-state index is 0.173. The zero-order chi connectivity index (χ0) is 14.2. The predicted molar refractivity (Wildman–Crippen MR) is 45.8 cm³/mol. The molecule has 0 unspecified atom stereocenters. The first kappa shape index (κ1) is 15.5. The second-order valence-electron chi connectivity index (χ2n) is 3.46. The Morgan fingerprint density at radius 1 is 0.833 bits per heavy atom. The Kier molecular flexibility index (Phi) is 4.19. The number of aryl methyl sites for hydroxylation is 1. The Morgan fingerprint density at radius 3 is 1.67 bits per heavy atom. The van der Waals surface area contributed by atoms with Crippen LogP contribution in [0.5, 0.6) is 0 Å². The van der Waals surface area contributed by atoms with Crippen molar-refractivity contribution in [2.45, 2.75) is 23.0 Å². The summed E-state index contributed by atoms with van der Waals surface area (Å²) >= 11 is -2.79. The third kappa shape index (κ3) is 3.07. The van der Waals surface area contributed by atoms with Crippen molar-refractivity contribution in [3.63, 3.8) is 0 Å². The normalized spacial score (nSPS) is 13.8. The highest BCUT2D eigenvalue weighted by atomic mass is 127. The maximum absolute atomic E-state index is 13.1. The smallest absolute Gasteiger partial charge is 0.185 e. The number of rotatable bonds is 3. The first-order valence-corrected chi connectivity index (χ1v) is 6.68. The fourth-order valence-corrected chi connectivity index (χ4v) is 3.10. The van der Waals surface area contributed by atoms with Gasteiger partial charge in [-0.1, -0.05) is 17.7 Å². The maximum atomic E-state index is 13.1. The molecule has 0 fully saturated rings. The molecule has 0 heterocycles. The van der Waals surface area contributed by atoms with Crippen molar-refractivity contribution in [3.8, 4) is 0 Å². The lowest BCUT2D eigenvalue weighted by Crippen LogP contribution is -3.68. The Bertz CT molecular complexity index is 407. The molecule has 1 aromatic carbocycles. The van der Waals surface area contributed by atoms with Gasteiger partial charge in [-0.3, -0.25) is 0 Å². The first-order valence-electron chi connectivity index (χ1n) is 4.52. The lowest BCUT2D eigenvalue weighted by atomic mass is 10.2. The molecule has 0 saturated carbocycles. The van der Waals surface area contributed by atoms with Crippen LogP contribution in [0.2, 0.25) is 0 Å². The van der Waals surface area contributed by atoms with Gasteiger partial charge in [-0.15, -0.1) is 8.78 Å². The van der Waals surface area contributed by atoms with Crippen molar-refractivity contribution < 1.29 is 51.9 Å². The van der Waals surface area contributed by atoms with Gasteiger partial charge >= 0.3 is 37.2 Å². The molecule has 8 heteroatoms. The van der Waals surface area contributed by atoms with Gasteiger partial charge in [0, 0.05) is 0 Å². The zero-order valence-electron chi connectivity index (χ0n) is 8.83. The van der Waals surface area contributed by atoms with Gasteiger partial charge in [0.25, 0.3) is 0 Å². The molecule has 1 aromatic rings. The van der Waals surface area contributed by atoms with Gasteiger partial charge in [0.2, 0.25) is 0 Å². The molecule has 0 radical (unpaired) electrons. The summed E-state index contributed by atoms with van der Waals surface area (Å²) in [5.74, 6) is -6.00. The Labute approximate surface area is 108 Å². The molecule has 0 nitrogen and oxygen atoms in total. The van der Waals surface area contributed by atoms with E-state index in [0.717, 1.165) is 12.1 Å². The maximum Gasteiger partial charge on any atom is 0.520 e. The highest BCUT2D eigenvalue weighted by Gasteiger charge is 2.81. The van der Waals surface area contributed by atoms with Crippen LogP contribution in [-0.2, 0) is 0 Å². The third-order valence-electron chi connectivity index (χ3n) is 1.95.